The lowest BCUT2D eigenvalue weighted by atomic mass is 10.0. The van der Waals surface area contributed by atoms with Crippen LogP contribution in [0, 0.1) is 5.92 Å². The molecule has 0 atom stereocenters. The maximum absolute atomic E-state index is 11.3. The smallest absolute Gasteiger partial charge is 0.212 e. The van der Waals surface area contributed by atoms with Gasteiger partial charge in [0.15, 0.2) is 0 Å². The van der Waals surface area contributed by atoms with Crippen molar-refractivity contribution in [3.05, 3.63) is 0 Å². The Kier molecular flexibility index (Phi) is 4.48. The Balaban J connectivity index is 2.16. The van der Waals surface area contributed by atoms with E-state index in [9.17, 15) is 8.42 Å². The fourth-order valence-electron chi connectivity index (χ4n) is 1.93. The molecule has 1 aliphatic rings. The first-order chi connectivity index (χ1) is 6.87. The summed E-state index contributed by atoms with van der Waals surface area (Å²) in [6, 6.07) is 0. The predicted octanol–water partition coefficient (Wildman–Crippen LogP) is 3.69. The molecule has 0 aromatic rings. The van der Waals surface area contributed by atoms with Gasteiger partial charge in [-0.25, -0.2) is 8.42 Å². The van der Waals surface area contributed by atoms with Gasteiger partial charge in [-0.3, -0.25) is 0 Å². The van der Waals surface area contributed by atoms with Crippen LogP contribution >= 0.6 is 10.7 Å². The summed E-state index contributed by atoms with van der Waals surface area (Å²) in [4.78, 5) is 0. The molecule has 1 rings (SSSR count). The van der Waals surface area contributed by atoms with Gasteiger partial charge < -0.3 is 0 Å². The number of unbranched alkanes of at least 4 members (excludes halogenated alkanes) is 2. The molecule has 1 aliphatic carbocycles. The maximum atomic E-state index is 11.3. The minimum Gasteiger partial charge on any atom is -0.212 e. The molecule has 0 radical (unpaired) electrons. The summed E-state index contributed by atoms with van der Waals surface area (Å²) in [6.07, 6.45) is 6.87. The molecule has 1 fully saturated rings. The zero-order valence-corrected chi connectivity index (χ0v) is 11.2. The maximum Gasteiger partial charge on any atom is 0.238 e. The Morgan fingerprint density at radius 2 is 1.80 bits per heavy atom. The lowest BCUT2D eigenvalue weighted by Crippen LogP contribution is -2.17. The van der Waals surface area contributed by atoms with Gasteiger partial charge in [0.25, 0.3) is 0 Å². The highest BCUT2D eigenvalue weighted by atomic mass is 35.7. The molecule has 0 saturated heterocycles. The third-order valence-electron chi connectivity index (χ3n) is 3.24. The summed E-state index contributed by atoms with van der Waals surface area (Å²) in [5.74, 6) is 0.747. The lowest BCUT2D eigenvalue weighted by Gasteiger charge is -2.10. The van der Waals surface area contributed by atoms with Gasteiger partial charge in [-0.05, 0) is 25.2 Å². The van der Waals surface area contributed by atoms with Gasteiger partial charge >= 0.3 is 0 Å². The lowest BCUT2D eigenvalue weighted by molar-refractivity contribution is 0.510. The third-order valence-corrected chi connectivity index (χ3v) is 5.87. The van der Waals surface area contributed by atoms with Crippen molar-refractivity contribution in [1.29, 1.82) is 0 Å². The van der Waals surface area contributed by atoms with Crippen LogP contribution in [-0.4, -0.2) is 13.2 Å². The molecule has 0 unspecified atom stereocenters. The van der Waals surface area contributed by atoms with Crippen LogP contribution in [0.3, 0.4) is 0 Å². The first-order valence-corrected chi connectivity index (χ1v) is 8.12. The number of halogens is 1. The molecule has 0 aromatic carbocycles. The van der Waals surface area contributed by atoms with E-state index >= 15 is 0 Å². The topological polar surface area (TPSA) is 34.1 Å². The fourth-order valence-corrected chi connectivity index (χ4v) is 3.60. The van der Waals surface area contributed by atoms with Gasteiger partial charge in [0.1, 0.15) is 0 Å². The monoisotopic (exact) mass is 252 g/mol. The average molecular weight is 253 g/mol. The zero-order valence-electron chi connectivity index (χ0n) is 9.63. The van der Waals surface area contributed by atoms with Crippen molar-refractivity contribution in [1.82, 2.24) is 0 Å². The molecular formula is C11H21ClO2S. The molecule has 2 nitrogen and oxygen atoms in total. The summed E-state index contributed by atoms with van der Waals surface area (Å²) >= 11 is 0. The fraction of sp³-hybridized carbons (Fsp3) is 1.00. The van der Waals surface area contributed by atoms with Crippen LogP contribution in [0.5, 0.6) is 0 Å². The Hall–Kier alpha value is 0.240. The van der Waals surface area contributed by atoms with Crippen molar-refractivity contribution >= 4 is 19.7 Å². The minimum atomic E-state index is -3.32. The third kappa shape index (κ3) is 3.95. The summed E-state index contributed by atoms with van der Waals surface area (Å²) in [5.41, 5.74) is 0. The Morgan fingerprint density at radius 3 is 2.20 bits per heavy atom. The van der Waals surface area contributed by atoms with E-state index in [-0.39, 0.29) is 0 Å². The van der Waals surface area contributed by atoms with Crippen molar-refractivity contribution in [2.45, 2.75) is 63.5 Å². The van der Waals surface area contributed by atoms with Gasteiger partial charge in [0, 0.05) is 10.7 Å². The van der Waals surface area contributed by atoms with Crippen LogP contribution in [-0.2, 0) is 9.05 Å². The van der Waals surface area contributed by atoms with E-state index in [4.69, 9.17) is 10.7 Å². The molecule has 0 N–H and O–H groups in total. The number of hydrogen-bond donors (Lipinski definition) is 0. The van der Waals surface area contributed by atoms with E-state index in [2.05, 4.69) is 13.8 Å². The van der Waals surface area contributed by atoms with Crippen molar-refractivity contribution in [3.8, 4) is 0 Å². The van der Waals surface area contributed by atoms with Gasteiger partial charge in [-0.1, -0.05) is 39.5 Å². The molecule has 0 heterocycles. The van der Waals surface area contributed by atoms with E-state index in [1.807, 2.05) is 0 Å². The summed E-state index contributed by atoms with van der Waals surface area (Å²) < 4.78 is 22.0. The van der Waals surface area contributed by atoms with Crippen molar-refractivity contribution < 1.29 is 8.42 Å². The first-order valence-electron chi connectivity index (χ1n) is 5.82. The molecule has 0 bridgehead atoms. The molecule has 0 aliphatic heterocycles. The normalized spacial score (nSPS) is 19.5. The van der Waals surface area contributed by atoms with Crippen LogP contribution in [0.4, 0.5) is 0 Å². The molecule has 1 saturated carbocycles. The second-order valence-electron chi connectivity index (χ2n) is 5.11. The minimum absolute atomic E-state index is 0.535. The number of hydrogen-bond acceptors (Lipinski definition) is 2. The highest BCUT2D eigenvalue weighted by molar-refractivity contribution is 8.15. The molecule has 4 heteroatoms. The molecule has 0 aromatic heterocycles. The van der Waals surface area contributed by atoms with Gasteiger partial charge in [-0.2, -0.15) is 0 Å². The van der Waals surface area contributed by atoms with Crippen LogP contribution in [0.25, 0.3) is 0 Å². The Labute approximate surface area is 97.8 Å². The molecule has 15 heavy (non-hydrogen) atoms. The van der Waals surface area contributed by atoms with E-state index in [1.165, 1.54) is 12.8 Å². The highest BCUT2D eigenvalue weighted by Gasteiger charge is 2.52. The summed E-state index contributed by atoms with van der Waals surface area (Å²) in [5, 5.41) is 0. The van der Waals surface area contributed by atoms with Gasteiger partial charge in [0.2, 0.25) is 9.05 Å². The standard InChI is InChI=1S/C11H21ClO2S/c1-10(2)6-4-3-5-7-11(8-9-11)15(12,13)14/h10H,3-9H2,1-2H3. The molecule has 0 amide bonds. The molecule has 0 spiro atoms. The van der Waals surface area contributed by atoms with Crippen molar-refractivity contribution in [2.75, 3.05) is 0 Å². The summed E-state index contributed by atoms with van der Waals surface area (Å²) in [6.45, 7) is 4.43. The van der Waals surface area contributed by atoms with Gasteiger partial charge in [0.05, 0.1) is 4.75 Å². The van der Waals surface area contributed by atoms with E-state index < -0.39 is 13.8 Å². The Morgan fingerprint density at radius 1 is 1.20 bits per heavy atom. The van der Waals surface area contributed by atoms with Crippen LogP contribution in [0.2, 0.25) is 0 Å². The molecular weight excluding hydrogens is 232 g/mol. The van der Waals surface area contributed by atoms with E-state index in [0.29, 0.717) is 0 Å². The number of rotatable bonds is 7. The van der Waals surface area contributed by atoms with Crippen LogP contribution < -0.4 is 0 Å². The second-order valence-corrected chi connectivity index (χ2v) is 8.07. The van der Waals surface area contributed by atoms with E-state index in [0.717, 1.165) is 38.0 Å². The second kappa shape index (κ2) is 5.05. The van der Waals surface area contributed by atoms with E-state index in [1.54, 1.807) is 0 Å². The molecule has 90 valence electrons. The van der Waals surface area contributed by atoms with Crippen molar-refractivity contribution in [2.24, 2.45) is 5.92 Å². The zero-order chi connectivity index (χ0) is 11.5. The predicted molar refractivity (Wildman–Crippen MR) is 64.7 cm³/mol. The highest BCUT2D eigenvalue weighted by Crippen LogP contribution is 2.49. The largest absolute Gasteiger partial charge is 0.238 e. The first kappa shape index (κ1) is 13.3. The average Bonchev–Trinajstić information content (AvgIpc) is 2.82. The van der Waals surface area contributed by atoms with Crippen molar-refractivity contribution in [3.63, 3.8) is 0 Å². The van der Waals surface area contributed by atoms with Crippen LogP contribution in [0.15, 0.2) is 0 Å². The SMILES string of the molecule is CC(C)CCCCCC1(S(=O)(=O)Cl)CC1. The Bertz CT molecular complexity index is 292. The quantitative estimate of drug-likeness (QED) is 0.512. The summed E-state index contributed by atoms with van der Waals surface area (Å²) in [7, 11) is 2.10. The van der Waals surface area contributed by atoms with Crippen LogP contribution in [0.1, 0.15) is 58.8 Å². The van der Waals surface area contributed by atoms with Gasteiger partial charge in [-0.15, -0.1) is 0 Å².